The van der Waals surface area contributed by atoms with Crippen molar-refractivity contribution in [3.63, 3.8) is 0 Å². The summed E-state index contributed by atoms with van der Waals surface area (Å²) in [4.78, 5) is 0.101. The second-order valence-electron chi connectivity index (χ2n) is 5.53. The number of hydrogen-bond acceptors (Lipinski definition) is 3. The zero-order chi connectivity index (χ0) is 16.4. The topological polar surface area (TPSA) is 46.6 Å². The summed E-state index contributed by atoms with van der Waals surface area (Å²) in [5, 5.41) is 0. The number of rotatable bonds is 3. The lowest BCUT2D eigenvalue weighted by Crippen LogP contribution is -2.42. The van der Waals surface area contributed by atoms with Crippen LogP contribution in [0.1, 0.15) is 17.2 Å². The van der Waals surface area contributed by atoms with Gasteiger partial charge < -0.3 is 4.74 Å². The van der Waals surface area contributed by atoms with Gasteiger partial charge in [0.15, 0.2) is 0 Å². The Hall–Kier alpha value is -1.76. The molecule has 23 heavy (non-hydrogen) atoms. The van der Waals surface area contributed by atoms with Gasteiger partial charge in [-0.3, -0.25) is 0 Å². The minimum Gasteiger partial charge on any atom is -0.371 e. The van der Waals surface area contributed by atoms with Crippen LogP contribution < -0.4 is 0 Å². The van der Waals surface area contributed by atoms with E-state index in [0.29, 0.717) is 13.2 Å². The molecule has 2 aromatic carbocycles. The molecule has 0 saturated carbocycles. The number of ether oxygens (including phenoxy) is 1. The Labute approximate surface area is 135 Å². The Morgan fingerprint density at radius 2 is 1.83 bits per heavy atom. The highest BCUT2D eigenvalue weighted by molar-refractivity contribution is 7.89. The highest BCUT2D eigenvalue weighted by Crippen LogP contribution is 2.28. The van der Waals surface area contributed by atoms with E-state index in [1.165, 1.54) is 16.4 Å². The number of morpholine rings is 1. The summed E-state index contributed by atoms with van der Waals surface area (Å²) in [5.41, 5.74) is 2.06. The van der Waals surface area contributed by atoms with Gasteiger partial charge in [-0.05, 0) is 42.3 Å². The largest absolute Gasteiger partial charge is 0.371 e. The molecule has 0 N–H and O–H groups in total. The Kier molecular flexibility index (Phi) is 4.48. The summed E-state index contributed by atoms with van der Waals surface area (Å²) in [5.74, 6) is -0.455. The molecule has 2 aromatic rings. The number of hydrogen-bond donors (Lipinski definition) is 0. The van der Waals surface area contributed by atoms with Crippen LogP contribution in [0.3, 0.4) is 0 Å². The maximum Gasteiger partial charge on any atom is 0.243 e. The molecule has 0 radical (unpaired) electrons. The third-order valence-electron chi connectivity index (χ3n) is 4.02. The number of nitrogens with zero attached hydrogens (tertiary/aromatic N) is 1. The fraction of sp³-hybridized carbons (Fsp3) is 0.294. The lowest BCUT2D eigenvalue weighted by atomic mass is 10.0. The van der Waals surface area contributed by atoms with Crippen LogP contribution in [-0.2, 0) is 14.8 Å². The number of sulfonamides is 1. The average Bonchev–Trinajstić information content (AvgIpc) is 2.56. The second-order valence-corrected chi connectivity index (χ2v) is 7.47. The minimum absolute atomic E-state index is 0.101. The first kappa shape index (κ1) is 16.1. The fourth-order valence-electron chi connectivity index (χ4n) is 2.74. The highest BCUT2D eigenvalue weighted by atomic mass is 32.2. The minimum atomic E-state index is -3.65. The predicted molar refractivity (Wildman–Crippen MR) is 85.0 cm³/mol. The summed E-state index contributed by atoms with van der Waals surface area (Å²) in [6.45, 7) is 2.86. The quantitative estimate of drug-likeness (QED) is 0.866. The predicted octanol–water partition coefficient (Wildman–Crippen LogP) is 2.90. The fourth-order valence-corrected chi connectivity index (χ4v) is 4.16. The van der Waals surface area contributed by atoms with Crippen LogP contribution in [-0.4, -0.2) is 32.4 Å². The molecule has 0 spiro atoms. The molecule has 1 saturated heterocycles. The van der Waals surface area contributed by atoms with E-state index in [1.54, 1.807) is 0 Å². The molecule has 1 aliphatic heterocycles. The van der Waals surface area contributed by atoms with Crippen molar-refractivity contribution < 1.29 is 17.5 Å². The van der Waals surface area contributed by atoms with Gasteiger partial charge in [0.1, 0.15) is 5.82 Å². The monoisotopic (exact) mass is 335 g/mol. The van der Waals surface area contributed by atoms with E-state index in [1.807, 2.05) is 31.2 Å². The molecule has 1 fully saturated rings. The standard InChI is InChI=1S/C17H18FNO3S/c1-13-4-2-3-5-16(13)17-12-19(10-11-22-17)23(20,21)15-8-6-14(18)7-9-15/h2-9,17H,10-12H2,1H3. The third-order valence-corrected chi connectivity index (χ3v) is 5.90. The van der Waals surface area contributed by atoms with Gasteiger partial charge in [0.2, 0.25) is 10.0 Å². The van der Waals surface area contributed by atoms with Crippen molar-refractivity contribution >= 4 is 10.0 Å². The maximum atomic E-state index is 13.0. The summed E-state index contributed by atoms with van der Waals surface area (Å²) < 4.78 is 45.6. The van der Waals surface area contributed by atoms with Crippen molar-refractivity contribution in [2.24, 2.45) is 0 Å². The van der Waals surface area contributed by atoms with E-state index in [9.17, 15) is 12.8 Å². The van der Waals surface area contributed by atoms with Crippen molar-refractivity contribution in [2.75, 3.05) is 19.7 Å². The lowest BCUT2D eigenvalue weighted by molar-refractivity contribution is -0.00288. The SMILES string of the molecule is Cc1ccccc1C1CN(S(=O)(=O)c2ccc(F)cc2)CCO1. The van der Waals surface area contributed by atoms with Gasteiger partial charge in [0.25, 0.3) is 0 Å². The summed E-state index contributed by atoms with van der Waals surface area (Å²) in [6, 6.07) is 12.7. The van der Waals surface area contributed by atoms with Gasteiger partial charge in [0.05, 0.1) is 17.6 Å². The number of benzene rings is 2. The molecule has 6 heteroatoms. The van der Waals surface area contributed by atoms with Gasteiger partial charge in [-0.25, -0.2) is 12.8 Å². The van der Waals surface area contributed by atoms with E-state index in [0.717, 1.165) is 23.3 Å². The van der Waals surface area contributed by atoms with Crippen LogP contribution in [0, 0.1) is 12.7 Å². The van der Waals surface area contributed by atoms with Crippen LogP contribution in [0.15, 0.2) is 53.4 Å². The van der Waals surface area contributed by atoms with Crippen LogP contribution in [0.2, 0.25) is 0 Å². The van der Waals surface area contributed by atoms with Gasteiger partial charge in [-0.2, -0.15) is 4.31 Å². The van der Waals surface area contributed by atoms with Crippen molar-refractivity contribution in [3.05, 3.63) is 65.5 Å². The zero-order valence-corrected chi connectivity index (χ0v) is 13.6. The second kappa shape index (κ2) is 6.39. The van der Waals surface area contributed by atoms with Crippen molar-refractivity contribution in [1.82, 2.24) is 4.31 Å². The van der Waals surface area contributed by atoms with Crippen LogP contribution >= 0.6 is 0 Å². The van der Waals surface area contributed by atoms with Gasteiger partial charge in [0, 0.05) is 13.1 Å². The molecule has 3 rings (SSSR count). The normalized spacial score (nSPS) is 19.7. The molecule has 1 aliphatic rings. The Morgan fingerprint density at radius 1 is 1.13 bits per heavy atom. The first-order chi connectivity index (χ1) is 11.0. The zero-order valence-electron chi connectivity index (χ0n) is 12.8. The average molecular weight is 335 g/mol. The molecule has 4 nitrogen and oxygen atoms in total. The Morgan fingerprint density at radius 3 is 2.52 bits per heavy atom. The van der Waals surface area contributed by atoms with Crippen LogP contribution in [0.25, 0.3) is 0 Å². The Balaban J connectivity index is 1.86. The van der Waals surface area contributed by atoms with Crippen molar-refractivity contribution in [1.29, 1.82) is 0 Å². The maximum absolute atomic E-state index is 13.0. The number of aryl methyl sites for hydroxylation is 1. The lowest BCUT2D eigenvalue weighted by Gasteiger charge is -2.33. The summed E-state index contributed by atoms with van der Waals surface area (Å²) >= 11 is 0. The van der Waals surface area contributed by atoms with E-state index in [-0.39, 0.29) is 17.5 Å². The smallest absolute Gasteiger partial charge is 0.243 e. The molecule has 0 amide bonds. The molecule has 1 unspecified atom stereocenters. The Bertz CT molecular complexity index is 790. The molecular formula is C17H18FNO3S. The van der Waals surface area contributed by atoms with E-state index < -0.39 is 15.8 Å². The van der Waals surface area contributed by atoms with Gasteiger partial charge >= 0.3 is 0 Å². The molecule has 0 aromatic heterocycles. The first-order valence-electron chi connectivity index (χ1n) is 7.41. The van der Waals surface area contributed by atoms with E-state index >= 15 is 0 Å². The molecule has 1 atom stereocenters. The number of halogens is 1. The summed E-state index contributed by atoms with van der Waals surface area (Å²) in [7, 11) is -3.65. The first-order valence-corrected chi connectivity index (χ1v) is 8.85. The summed E-state index contributed by atoms with van der Waals surface area (Å²) in [6.07, 6.45) is -0.292. The highest BCUT2D eigenvalue weighted by Gasteiger charge is 2.31. The molecular weight excluding hydrogens is 317 g/mol. The molecule has 0 aliphatic carbocycles. The van der Waals surface area contributed by atoms with Crippen LogP contribution in [0.5, 0.6) is 0 Å². The molecule has 1 heterocycles. The van der Waals surface area contributed by atoms with Gasteiger partial charge in [-0.1, -0.05) is 24.3 Å². The van der Waals surface area contributed by atoms with Gasteiger partial charge in [-0.15, -0.1) is 0 Å². The van der Waals surface area contributed by atoms with E-state index in [4.69, 9.17) is 4.74 Å². The van der Waals surface area contributed by atoms with Crippen molar-refractivity contribution in [3.8, 4) is 0 Å². The van der Waals surface area contributed by atoms with Crippen molar-refractivity contribution in [2.45, 2.75) is 17.9 Å². The third kappa shape index (κ3) is 3.29. The molecule has 122 valence electrons. The van der Waals surface area contributed by atoms with Crippen LogP contribution in [0.4, 0.5) is 4.39 Å². The van der Waals surface area contributed by atoms with E-state index in [2.05, 4.69) is 0 Å². The molecule has 0 bridgehead atoms.